The number of thioether (sulfide) groups is 1. The molecule has 0 aromatic carbocycles. The maximum Gasteiger partial charge on any atom is 0.343 e. The smallest absolute Gasteiger partial charge is 0.339 e. The standard InChI is InChI=1S/C13H18N6O3S2/c1-13(2)10(19(21)11(20)14-3)18(12(23)24-13)15-7-5-4-6-8-9(7)17-22-16-8/h10,21H,4-6H2,1-3H3,(H,14,20)/b15-7+. The number of hydrogen-bond donors (Lipinski definition) is 2. The Morgan fingerprint density at radius 3 is 3.00 bits per heavy atom. The monoisotopic (exact) mass is 370 g/mol. The van der Waals surface area contributed by atoms with Crippen LogP contribution in [0, 0.1) is 0 Å². The quantitative estimate of drug-likeness (QED) is 0.459. The molecule has 1 aliphatic carbocycles. The van der Waals surface area contributed by atoms with E-state index in [4.69, 9.17) is 16.8 Å². The number of hydrogen-bond acceptors (Lipinski definition) is 8. The van der Waals surface area contributed by atoms with Crippen LogP contribution >= 0.6 is 24.0 Å². The number of nitrogens with one attached hydrogen (secondary N) is 1. The lowest BCUT2D eigenvalue weighted by molar-refractivity contribution is -0.118. The number of rotatable bonds is 2. The van der Waals surface area contributed by atoms with Gasteiger partial charge in [-0.2, -0.15) is 10.2 Å². The lowest BCUT2D eigenvalue weighted by Crippen LogP contribution is -2.55. The summed E-state index contributed by atoms with van der Waals surface area (Å²) >= 11 is 6.78. The first kappa shape index (κ1) is 17.1. The number of amides is 2. The zero-order valence-electron chi connectivity index (χ0n) is 13.5. The van der Waals surface area contributed by atoms with Crippen molar-refractivity contribution in [1.29, 1.82) is 0 Å². The van der Waals surface area contributed by atoms with Gasteiger partial charge in [-0.25, -0.2) is 14.4 Å². The van der Waals surface area contributed by atoms with Crippen LogP contribution in [-0.4, -0.2) is 59.6 Å². The highest BCUT2D eigenvalue weighted by Crippen LogP contribution is 2.43. The summed E-state index contributed by atoms with van der Waals surface area (Å²) in [5.74, 6) is 0. The number of carbonyl (C=O) groups excluding carboxylic acids is 1. The van der Waals surface area contributed by atoms with E-state index in [1.54, 1.807) is 0 Å². The van der Waals surface area contributed by atoms with Crippen LogP contribution < -0.4 is 5.32 Å². The van der Waals surface area contributed by atoms with Gasteiger partial charge in [0.25, 0.3) is 0 Å². The maximum absolute atomic E-state index is 11.9. The van der Waals surface area contributed by atoms with Crippen LogP contribution in [0.25, 0.3) is 0 Å². The lowest BCUT2D eigenvalue weighted by atomic mass is 9.99. The van der Waals surface area contributed by atoms with Gasteiger partial charge in [0.2, 0.25) is 0 Å². The van der Waals surface area contributed by atoms with E-state index >= 15 is 0 Å². The van der Waals surface area contributed by atoms with Gasteiger partial charge in [0.15, 0.2) is 16.2 Å². The summed E-state index contributed by atoms with van der Waals surface area (Å²) in [4.78, 5) is 11.9. The molecule has 3 rings (SSSR count). The molecule has 130 valence electrons. The minimum absolute atomic E-state index is 0.476. The van der Waals surface area contributed by atoms with Crippen molar-refractivity contribution in [2.45, 2.75) is 44.0 Å². The molecule has 1 aliphatic heterocycles. The predicted molar refractivity (Wildman–Crippen MR) is 91.7 cm³/mol. The van der Waals surface area contributed by atoms with Gasteiger partial charge >= 0.3 is 6.03 Å². The molecule has 0 saturated carbocycles. The maximum atomic E-state index is 11.9. The summed E-state index contributed by atoms with van der Waals surface area (Å²) in [5.41, 5.74) is 2.07. The molecule has 1 aromatic heterocycles. The third kappa shape index (κ3) is 2.87. The fourth-order valence-corrected chi connectivity index (χ4v) is 4.57. The van der Waals surface area contributed by atoms with Crippen molar-refractivity contribution < 1.29 is 14.6 Å². The molecule has 2 aliphatic rings. The molecule has 0 bridgehead atoms. The molecular formula is C13H18N6O3S2. The number of nitrogens with zero attached hydrogens (tertiary/aromatic N) is 5. The molecule has 2 N–H and O–H groups in total. The topological polar surface area (TPSA) is 107 Å². The number of hydrazone groups is 1. The molecule has 2 amide bonds. The Bertz CT molecular complexity index is 704. The highest BCUT2D eigenvalue weighted by atomic mass is 32.2. The van der Waals surface area contributed by atoms with Crippen molar-refractivity contribution in [1.82, 2.24) is 25.7 Å². The Labute approximate surface area is 148 Å². The van der Waals surface area contributed by atoms with Crippen molar-refractivity contribution >= 4 is 40.0 Å². The number of thiocarbonyl (C=S) groups is 1. The average Bonchev–Trinajstić information content (AvgIpc) is 3.09. The summed E-state index contributed by atoms with van der Waals surface area (Å²) in [6.07, 6.45) is 1.62. The van der Waals surface area contributed by atoms with Crippen molar-refractivity contribution in [3.8, 4) is 0 Å². The van der Waals surface area contributed by atoms with E-state index in [1.165, 1.54) is 23.8 Å². The van der Waals surface area contributed by atoms with Crippen molar-refractivity contribution in [2.75, 3.05) is 7.05 Å². The minimum atomic E-state index is -0.743. The Morgan fingerprint density at radius 1 is 1.54 bits per heavy atom. The normalized spacial score (nSPS) is 24.2. The molecule has 0 radical (unpaired) electrons. The van der Waals surface area contributed by atoms with Crippen molar-refractivity contribution in [3.63, 3.8) is 0 Å². The fraction of sp³-hybridized carbons (Fsp3) is 0.615. The lowest BCUT2D eigenvalue weighted by Gasteiger charge is -2.34. The highest BCUT2D eigenvalue weighted by molar-refractivity contribution is 8.24. The number of urea groups is 1. The summed E-state index contributed by atoms with van der Waals surface area (Å²) in [6, 6.07) is -0.629. The van der Waals surface area contributed by atoms with Crippen molar-refractivity contribution in [3.05, 3.63) is 11.4 Å². The fourth-order valence-electron chi connectivity index (χ4n) is 2.80. The largest absolute Gasteiger partial charge is 0.343 e. The summed E-state index contributed by atoms with van der Waals surface area (Å²) < 4.78 is 4.73. The van der Waals surface area contributed by atoms with Gasteiger partial charge in [0, 0.05) is 7.05 Å². The number of aryl methyl sites for hydroxylation is 1. The van der Waals surface area contributed by atoms with Crippen molar-refractivity contribution in [2.24, 2.45) is 5.10 Å². The zero-order chi connectivity index (χ0) is 17.5. The van der Waals surface area contributed by atoms with Crippen LogP contribution in [0.5, 0.6) is 0 Å². The minimum Gasteiger partial charge on any atom is -0.339 e. The zero-order valence-corrected chi connectivity index (χ0v) is 15.1. The van der Waals surface area contributed by atoms with Gasteiger partial charge in [0.05, 0.1) is 10.5 Å². The first-order valence-corrected chi connectivity index (χ1v) is 8.69. The van der Waals surface area contributed by atoms with Gasteiger partial charge in [-0.05, 0) is 38.3 Å². The van der Waals surface area contributed by atoms with Crippen LogP contribution in [0.3, 0.4) is 0 Å². The van der Waals surface area contributed by atoms with E-state index < -0.39 is 16.9 Å². The van der Waals surface area contributed by atoms with E-state index in [0.717, 1.165) is 18.5 Å². The number of carbonyl (C=O) groups is 1. The second kappa shape index (κ2) is 6.30. The molecule has 11 heteroatoms. The van der Waals surface area contributed by atoms with Crippen LogP contribution in [0.4, 0.5) is 4.79 Å². The molecular weight excluding hydrogens is 352 g/mol. The van der Waals surface area contributed by atoms with Gasteiger partial charge in [-0.3, -0.25) is 5.21 Å². The highest BCUT2D eigenvalue weighted by Gasteiger charge is 2.50. The molecule has 1 atom stereocenters. The van der Waals surface area contributed by atoms with Gasteiger partial charge in [-0.1, -0.05) is 29.1 Å². The van der Waals surface area contributed by atoms with E-state index in [1.807, 2.05) is 13.8 Å². The molecule has 24 heavy (non-hydrogen) atoms. The third-order valence-electron chi connectivity index (χ3n) is 3.93. The Morgan fingerprint density at radius 2 is 2.29 bits per heavy atom. The third-order valence-corrected chi connectivity index (χ3v) is 5.47. The SMILES string of the molecule is CNC(=O)N(O)C1N(/N=C2\CCCc3nonc32)C(=S)SC1(C)C. The van der Waals surface area contributed by atoms with Crippen LogP contribution in [0.2, 0.25) is 0 Å². The number of hydroxylamine groups is 2. The number of fused-ring (bicyclic) bond motifs is 1. The molecule has 1 saturated heterocycles. The Hall–Kier alpha value is -1.72. The predicted octanol–water partition coefficient (Wildman–Crippen LogP) is 1.58. The van der Waals surface area contributed by atoms with Crippen LogP contribution in [0.1, 0.15) is 38.1 Å². The first-order chi connectivity index (χ1) is 11.3. The molecule has 1 unspecified atom stereocenters. The summed E-state index contributed by atoms with van der Waals surface area (Å²) in [7, 11) is 1.45. The molecule has 1 aromatic rings. The van der Waals surface area contributed by atoms with E-state index in [2.05, 4.69) is 20.7 Å². The van der Waals surface area contributed by atoms with Crippen LogP contribution in [-0.2, 0) is 6.42 Å². The van der Waals surface area contributed by atoms with Gasteiger partial charge in [-0.15, -0.1) is 0 Å². The number of aromatic nitrogens is 2. The average molecular weight is 370 g/mol. The first-order valence-electron chi connectivity index (χ1n) is 7.46. The molecule has 9 nitrogen and oxygen atoms in total. The summed E-state index contributed by atoms with van der Waals surface area (Å²) in [5, 5.41) is 27.2. The Balaban J connectivity index is 1.98. The molecule has 1 fully saturated rings. The van der Waals surface area contributed by atoms with Gasteiger partial charge in [0.1, 0.15) is 5.69 Å². The second-order valence-electron chi connectivity index (χ2n) is 6.05. The Kier molecular flexibility index (Phi) is 4.49. The van der Waals surface area contributed by atoms with E-state index in [9.17, 15) is 10.0 Å². The summed E-state index contributed by atoms with van der Waals surface area (Å²) in [6.45, 7) is 3.79. The van der Waals surface area contributed by atoms with E-state index in [0.29, 0.717) is 27.2 Å². The molecule has 0 spiro atoms. The van der Waals surface area contributed by atoms with E-state index in [-0.39, 0.29) is 0 Å². The van der Waals surface area contributed by atoms with Gasteiger partial charge < -0.3 is 5.32 Å². The second-order valence-corrected chi connectivity index (χ2v) is 8.34. The van der Waals surface area contributed by atoms with Crippen LogP contribution in [0.15, 0.2) is 9.73 Å². The molecule has 2 heterocycles.